The van der Waals surface area contributed by atoms with E-state index in [9.17, 15) is 13.2 Å². The van der Waals surface area contributed by atoms with Gasteiger partial charge in [-0.05, 0) is 5.21 Å². The van der Waals surface area contributed by atoms with Gasteiger partial charge in [0.05, 0.1) is 0 Å². The van der Waals surface area contributed by atoms with Gasteiger partial charge < -0.3 is 0 Å². The SMILES string of the molecule is FC(F)(F)[CH]n1ncnn1. The highest BCUT2D eigenvalue weighted by molar-refractivity contribution is 4.70. The van der Waals surface area contributed by atoms with Crippen LogP contribution >= 0.6 is 0 Å². The Labute approximate surface area is 53.6 Å². The number of rotatable bonds is 1. The van der Waals surface area contributed by atoms with Crippen molar-refractivity contribution in [2.24, 2.45) is 0 Å². The van der Waals surface area contributed by atoms with Crippen LogP contribution in [0.3, 0.4) is 0 Å². The van der Waals surface area contributed by atoms with Crippen LogP contribution in [0, 0.1) is 6.54 Å². The molecule has 1 radical (unpaired) electrons. The molecular formula is C3H2F3N4. The van der Waals surface area contributed by atoms with Crippen LogP contribution in [0.1, 0.15) is 0 Å². The lowest BCUT2D eigenvalue weighted by Gasteiger charge is -2.01. The van der Waals surface area contributed by atoms with Crippen molar-refractivity contribution in [1.82, 2.24) is 20.2 Å². The topological polar surface area (TPSA) is 43.6 Å². The Morgan fingerprint density at radius 2 is 2.10 bits per heavy atom. The van der Waals surface area contributed by atoms with E-state index in [0.29, 0.717) is 4.80 Å². The first-order chi connectivity index (χ1) is 4.58. The summed E-state index contributed by atoms with van der Waals surface area (Å²) >= 11 is 0. The maximum Gasteiger partial charge on any atom is 0.415 e. The molecule has 0 amide bonds. The summed E-state index contributed by atoms with van der Waals surface area (Å²) in [5.41, 5.74) is 0. The van der Waals surface area contributed by atoms with E-state index in [1.165, 1.54) is 0 Å². The predicted molar refractivity (Wildman–Crippen MR) is 23.6 cm³/mol. The first-order valence-corrected chi connectivity index (χ1v) is 2.23. The van der Waals surface area contributed by atoms with Crippen molar-refractivity contribution in [1.29, 1.82) is 0 Å². The molecule has 0 aliphatic rings. The number of hydrogen-bond donors (Lipinski definition) is 0. The highest BCUT2D eigenvalue weighted by atomic mass is 19.4. The second-order valence-corrected chi connectivity index (χ2v) is 1.43. The van der Waals surface area contributed by atoms with Gasteiger partial charge in [0.25, 0.3) is 0 Å². The first-order valence-electron chi connectivity index (χ1n) is 2.23. The Balaban J connectivity index is 2.57. The summed E-state index contributed by atoms with van der Waals surface area (Å²) in [7, 11) is 0. The third-order valence-corrected chi connectivity index (χ3v) is 0.627. The minimum absolute atomic E-state index is 0.0972. The molecule has 0 fully saturated rings. The summed E-state index contributed by atoms with van der Waals surface area (Å²) in [5.74, 6) is 0. The van der Waals surface area contributed by atoms with E-state index in [1.54, 1.807) is 0 Å². The molecule has 55 valence electrons. The van der Waals surface area contributed by atoms with Gasteiger partial charge >= 0.3 is 6.18 Å². The van der Waals surface area contributed by atoms with Gasteiger partial charge in [0, 0.05) is 0 Å². The van der Waals surface area contributed by atoms with E-state index in [2.05, 4.69) is 15.4 Å². The summed E-state index contributed by atoms with van der Waals surface area (Å²) in [5, 5.41) is 9.18. The van der Waals surface area contributed by atoms with Gasteiger partial charge in [-0.25, -0.2) is 0 Å². The maximum atomic E-state index is 11.4. The van der Waals surface area contributed by atoms with Crippen molar-refractivity contribution in [2.45, 2.75) is 6.18 Å². The van der Waals surface area contributed by atoms with Crippen LogP contribution in [0.5, 0.6) is 0 Å². The minimum atomic E-state index is -4.40. The van der Waals surface area contributed by atoms with Gasteiger partial charge in [-0.2, -0.15) is 13.2 Å². The van der Waals surface area contributed by atoms with Crippen molar-refractivity contribution in [3.05, 3.63) is 12.9 Å². The Hall–Kier alpha value is -1.14. The monoisotopic (exact) mass is 151 g/mol. The van der Waals surface area contributed by atoms with E-state index in [-0.39, 0.29) is 6.54 Å². The standard InChI is InChI=1S/C3H2F3N4/c4-3(5,6)1-10-8-2-7-9-10/h1-2H. The summed E-state index contributed by atoms with van der Waals surface area (Å²) in [6.45, 7) is -0.0972. The fraction of sp³-hybridized carbons (Fsp3) is 0.333. The smallest absolute Gasteiger partial charge is 0.168 e. The van der Waals surface area contributed by atoms with Crippen LogP contribution in [0.2, 0.25) is 0 Å². The lowest BCUT2D eigenvalue weighted by molar-refractivity contribution is -0.103. The third kappa shape index (κ3) is 2.00. The lowest BCUT2D eigenvalue weighted by atomic mass is 10.7. The molecule has 1 rings (SSSR count). The molecule has 0 aliphatic carbocycles. The van der Waals surface area contributed by atoms with Crippen molar-refractivity contribution in [2.75, 3.05) is 0 Å². The maximum absolute atomic E-state index is 11.4. The van der Waals surface area contributed by atoms with Crippen LogP contribution in [0.4, 0.5) is 13.2 Å². The molecular weight excluding hydrogens is 149 g/mol. The van der Waals surface area contributed by atoms with Crippen LogP contribution in [-0.4, -0.2) is 26.4 Å². The summed E-state index contributed by atoms with van der Waals surface area (Å²) in [6, 6.07) is 0. The van der Waals surface area contributed by atoms with E-state index >= 15 is 0 Å². The third-order valence-electron chi connectivity index (χ3n) is 0.627. The Kier molecular flexibility index (Phi) is 1.56. The Morgan fingerprint density at radius 3 is 2.50 bits per heavy atom. The largest absolute Gasteiger partial charge is 0.415 e. The van der Waals surface area contributed by atoms with E-state index in [4.69, 9.17) is 0 Å². The van der Waals surface area contributed by atoms with Crippen molar-refractivity contribution < 1.29 is 13.2 Å². The van der Waals surface area contributed by atoms with Crippen LogP contribution < -0.4 is 0 Å². The average molecular weight is 151 g/mol. The van der Waals surface area contributed by atoms with Gasteiger partial charge in [0.1, 0.15) is 0 Å². The normalized spacial score (nSPS) is 11.9. The van der Waals surface area contributed by atoms with Gasteiger partial charge in [-0.1, -0.05) is 0 Å². The first kappa shape index (κ1) is 6.97. The molecule has 1 heterocycles. The molecule has 1 aromatic heterocycles. The second-order valence-electron chi connectivity index (χ2n) is 1.43. The summed E-state index contributed by atoms with van der Waals surface area (Å²) in [6.07, 6.45) is -3.48. The predicted octanol–water partition coefficient (Wildman–Crippen LogP) is 0.245. The molecule has 0 saturated carbocycles. The molecule has 0 bridgehead atoms. The summed E-state index contributed by atoms with van der Waals surface area (Å²) < 4.78 is 34.3. The zero-order chi connectivity index (χ0) is 7.61. The van der Waals surface area contributed by atoms with Gasteiger partial charge in [0.2, 0.25) is 6.54 Å². The van der Waals surface area contributed by atoms with Crippen molar-refractivity contribution in [3.8, 4) is 0 Å². The van der Waals surface area contributed by atoms with Crippen molar-refractivity contribution >= 4 is 0 Å². The zero-order valence-electron chi connectivity index (χ0n) is 4.58. The molecule has 0 N–H and O–H groups in total. The molecule has 4 nitrogen and oxygen atoms in total. The fourth-order valence-corrected chi connectivity index (χ4v) is 0.365. The molecule has 0 aromatic carbocycles. The molecule has 1 aromatic rings. The lowest BCUT2D eigenvalue weighted by Crippen LogP contribution is -2.16. The van der Waals surface area contributed by atoms with Crippen LogP contribution in [0.25, 0.3) is 0 Å². The number of hydrogen-bond acceptors (Lipinski definition) is 3. The Bertz CT molecular complexity index is 190. The van der Waals surface area contributed by atoms with Crippen molar-refractivity contribution in [3.63, 3.8) is 0 Å². The van der Waals surface area contributed by atoms with E-state index in [1.807, 2.05) is 0 Å². The van der Waals surface area contributed by atoms with Gasteiger partial charge in [-0.3, -0.25) is 0 Å². The number of tetrazole rings is 1. The highest BCUT2D eigenvalue weighted by Gasteiger charge is 2.30. The quantitative estimate of drug-likeness (QED) is 0.577. The Morgan fingerprint density at radius 1 is 1.40 bits per heavy atom. The zero-order valence-corrected chi connectivity index (χ0v) is 4.58. The number of halogens is 3. The molecule has 7 heteroatoms. The van der Waals surface area contributed by atoms with Gasteiger partial charge in [0.15, 0.2) is 6.33 Å². The second kappa shape index (κ2) is 2.24. The molecule has 0 saturated heterocycles. The van der Waals surface area contributed by atoms with Gasteiger partial charge in [-0.15, -0.1) is 15.0 Å². The highest BCUT2D eigenvalue weighted by Crippen LogP contribution is 2.17. The van der Waals surface area contributed by atoms with Crippen LogP contribution in [-0.2, 0) is 0 Å². The molecule has 0 unspecified atom stereocenters. The van der Waals surface area contributed by atoms with E-state index < -0.39 is 6.18 Å². The molecule has 10 heavy (non-hydrogen) atoms. The number of nitrogens with zero attached hydrogens (tertiary/aromatic N) is 4. The minimum Gasteiger partial charge on any atom is -0.168 e. The molecule has 0 aliphatic heterocycles. The van der Waals surface area contributed by atoms with E-state index in [0.717, 1.165) is 6.33 Å². The summed E-state index contributed by atoms with van der Waals surface area (Å²) in [4.78, 5) is 0.347. The number of alkyl halides is 3. The average Bonchev–Trinajstić information content (AvgIpc) is 2.12. The fourth-order valence-electron chi connectivity index (χ4n) is 0.365. The molecule has 0 atom stereocenters. The molecule has 0 spiro atoms. The number of aromatic nitrogens is 4. The van der Waals surface area contributed by atoms with Crippen LogP contribution in [0.15, 0.2) is 6.33 Å².